The Hall–Kier alpha value is -2.21. The monoisotopic (exact) mass is 365 g/mol. The number of carbonyl (C=O) groups is 1. The van der Waals surface area contributed by atoms with Crippen molar-refractivity contribution in [3.8, 4) is 17.2 Å². The van der Waals surface area contributed by atoms with Crippen molar-refractivity contribution in [2.45, 2.75) is 6.92 Å². The first-order chi connectivity index (χ1) is 10.5. The highest BCUT2D eigenvalue weighted by Gasteiger charge is 2.15. The lowest BCUT2D eigenvalue weighted by Gasteiger charge is -2.13. The normalized spacial score (nSPS) is 10.1. The highest BCUT2D eigenvalue weighted by Crippen LogP contribution is 2.36. The molecule has 0 saturated heterocycles. The van der Waals surface area contributed by atoms with Crippen LogP contribution in [-0.2, 0) is 0 Å². The van der Waals surface area contributed by atoms with Gasteiger partial charge in [0.2, 0.25) is 0 Å². The molecule has 0 radical (unpaired) electrons. The molecule has 0 aliphatic rings. The van der Waals surface area contributed by atoms with Crippen LogP contribution in [0, 0.1) is 0 Å². The van der Waals surface area contributed by atoms with Crippen molar-refractivity contribution >= 4 is 27.5 Å². The molecule has 0 atom stereocenters. The maximum atomic E-state index is 12.3. The molecule has 116 valence electrons. The second kappa shape index (κ2) is 7.17. The van der Waals surface area contributed by atoms with Gasteiger partial charge < -0.3 is 19.9 Å². The minimum atomic E-state index is -0.285. The number of phenolic OH excluding ortho intramolecular Hbond substituents is 1. The molecule has 22 heavy (non-hydrogen) atoms. The second-order valence-electron chi connectivity index (χ2n) is 4.42. The number of aromatic hydroxyl groups is 1. The van der Waals surface area contributed by atoms with Crippen molar-refractivity contribution in [2.75, 3.05) is 19.0 Å². The maximum absolute atomic E-state index is 12.3. The van der Waals surface area contributed by atoms with Gasteiger partial charge in [0.05, 0.1) is 18.2 Å². The summed E-state index contributed by atoms with van der Waals surface area (Å²) in [6.07, 6.45) is 0. The smallest absolute Gasteiger partial charge is 0.255 e. The number of phenols is 1. The highest BCUT2D eigenvalue weighted by atomic mass is 79.9. The molecular formula is C16H16BrNO4. The van der Waals surface area contributed by atoms with Gasteiger partial charge in [0.15, 0.2) is 11.5 Å². The first-order valence-electron chi connectivity index (χ1n) is 6.66. The molecule has 2 aromatic rings. The van der Waals surface area contributed by atoms with E-state index in [1.54, 1.807) is 24.3 Å². The topological polar surface area (TPSA) is 67.8 Å². The van der Waals surface area contributed by atoms with Crippen LogP contribution in [0.3, 0.4) is 0 Å². The molecule has 0 heterocycles. The van der Waals surface area contributed by atoms with E-state index in [0.29, 0.717) is 33.8 Å². The minimum Gasteiger partial charge on any atom is -0.508 e. The summed E-state index contributed by atoms with van der Waals surface area (Å²) in [5, 5.41) is 12.0. The van der Waals surface area contributed by atoms with Gasteiger partial charge in [-0.25, -0.2) is 0 Å². The Balaban J connectivity index is 2.26. The third-order valence-corrected chi connectivity index (χ3v) is 3.49. The Kier molecular flexibility index (Phi) is 5.27. The van der Waals surface area contributed by atoms with Crippen molar-refractivity contribution in [2.24, 2.45) is 0 Å². The van der Waals surface area contributed by atoms with Crippen molar-refractivity contribution in [3.63, 3.8) is 0 Å². The molecule has 2 N–H and O–H groups in total. The molecule has 0 fully saturated rings. The molecule has 0 bridgehead atoms. The Morgan fingerprint density at radius 2 is 1.95 bits per heavy atom. The number of anilines is 1. The highest BCUT2D eigenvalue weighted by molar-refractivity contribution is 9.10. The number of hydrogen-bond donors (Lipinski definition) is 2. The number of nitrogens with one attached hydrogen (secondary N) is 1. The van der Waals surface area contributed by atoms with Gasteiger partial charge in [-0.15, -0.1) is 0 Å². The average Bonchev–Trinajstić information content (AvgIpc) is 2.51. The number of benzene rings is 2. The van der Waals surface area contributed by atoms with Gasteiger partial charge in [-0.3, -0.25) is 4.79 Å². The predicted molar refractivity (Wildman–Crippen MR) is 87.9 cm³/mol. The fraction of sp³-hybridized carbons (Fsp3) is 0.188. The van der Waals surface area contributed by atoms with E-state index in [1.807, 2.05) is 6.92 Å². The molecule has 2 rings (SSSR count). The van der Waals surface area contributed by atoms with Crippen LogP contribution in [0.25, 0.3) is 0 Å². The zero-order valence-corrected chi connectivity index (χ0v) is 13.8. The van der Waals surface area contributed by atoms with Gasteiger partial charge in [0.1, 0.15) is 5.75 Å². The summed E-state index contributed by atoms with van der Waals surface area (Å²) in [6.45, 7) is 2.37. The quantitative estimate of drug-likeness (QED) is 0.790. The lowest BCUT2D eigenvalue weighted by atomic mass is 10.1. The van der Waals surface area contributed by atoms with E-state index >= 15 is 0 Å². The first kappa shape index (κ1) is 16.2. The second-order valence-corrected chi connectivity index (χ2v) is 5.28. The largest absolute Gasteiger partial charge is 0.508 e. The summed E-state index contributed by atoms with van der Waals surface area (Å²) in [5.74, 6) is 0.898. The maximum Gasteiger partial charge on any atom is 0.255 e. The number of hydrogen-bond acceptors (Lipinski definition) is 4. The van der Waals surface area contributed by atoms with Crippen LogP contribution in [0.5, 0.6) is 17.2 Å². The molecule has 5 nitrogen and oxygen atoms in total. The Morgan fingerprint density at radius 1 is 1.27 bits per heavy atom. The zero-order chi connectivity index (χ0) is 16.1. The summed E-state index contributed by atoms with van der Waals surface area (Å²) >= 11 is 3.39. The van der Waals surface area contributed by atoms with E-state index in [4.69, 9.17) is 9.47 Å². The molecule has 6 heteroatoms. The third kappa shape index (κ3) is 3.71. The molecule has 0 saturated carbocycles. The van der Waals surface area contributed by atoms with E-state index in [9.17, 15) is 9.90 Å². The van der Waals surface area contributed by atoms with Crippen molar-refractivity contribution in [1.29, 1.82) is 0 Å². The number of rotatable bonds is 5. The summed E-state index contributed by atoms with van der Waals surface area (Å²) in [4.78, 5) is 12.3. The molecule has 0 unspecified atom stereocenters. The summed E-state index contributed by atoms with van der Waals surface area (Å²) < 4.78 is 11.4. The zero-order valence-electron chi connectivity index (χ0n) is 12.2. The van der Waals surface area contributed by atoms with E-state index in [1.165, 1.54) is 19.2 Å². The number of ether oxygens (including phenoxy) is 2. The minimum absolute atomic E-state index is 0.142. The van der Waals surface area contributed by atoms with E-state index < -0.39 is 0 Å². The van der Waals surface area contributed by atoms with Gasteiger partial charge in [0, 0.05) is 11.3 Å². The van der Waals surface area contributed by atoms with E-state index in [-0.39, 0.29) is 11.7 Å². The molecule has 0 aliphatic heterocycles. The number of amides is 1. The van der Waals surface area contributed by atoms with Gasteiger partial charge in [-0.1, -0.05) is 0 Å². The standard InChI is InChI=1S/C16H16BrNO4/c1-3-22-15-13(17)8-10(9-14(15)21-2)16(20)18-11-4-6-12(19)7-5-11/h4-9,19H,3H2,1-2H3,(H,18,20). The number of methoxy groups -OCH3 is 1. The van der Waals surface area contributed by atoms with E-state index in [2.05, 4.69) is 21.2 Å². The molecule has 1 amide bonds. The van der Waals surface area contributed by atoms with Crippen molar-refractivity contribution in [1.82, 2.24) is 0 Å². The molecule has 0 aromatic heterocycles. The molecule has 2 aromatic carbocycles. The third-order valence-electron chi connectivity index (χ3n) is 2.91. The van der Waals surface area contributed by atoms with Crippen molar-refractivity contribution < 1.29 is 19.4 Å². The van der Waals surface area contributed by atoms with E-state index in [0.717, 1.165) is 0 Å². The van der Waals surface area contributed by atoms with Crippen LogP contribution in [0.2, 0.25) is 0 Å². The predicted octanol–water partition coefficient (Wildman–Crippen LogP) is 3.81. The summed E-state index contributed by atoms with van der Waals surface area (Å²) in [5.41, 5.74) is 1.02. The van der Waals surface area contributed by atoms with Crippen LogP contribution < -0.4 is 14.8 Å². The van der Waals surface area contributed by atoms with Gasteiger partial charge in [0.25, 0.3) is 5.91 Å². The first-order valence-corrected chi connectivity index (χ1v) is 7.45. The molecule has 0 spiro atoms. The lowest BCUT2D eigenvalue weighted by Crippen LogP contribution is -2.12. The van der Waals surface area contributed by atoms with Crippen LogP contribution in [0.1, 0.15) is 17.3 Å². The summed E-state index contributed by atoms with van der Waals surface area (Å²) in [7, 11) is 1.52. The van der Waals surface area contributed by atoms with Gasteiger partial charge in [-0.05, 0) is 59.3 Å². The molecule has 0 aliphatic carbocycles. The Morgan fingerprint density at radius 3 is 2.55 bits per heavy atom. The molecular weight excluding hydrogens is 350 g/mol. The fourth-order valence-corrected chi connectivity index (χ4v) is 2.44. The van der Waals surface area contributed by atoms with Crippen LogP contribution >= 0.6 is 15.9 Å². The fourth-order valence-electron chi connectivity index (χ4n) is 1.88. The van der Waals surface area contributed by atoms with Gasteiger partial charge >= 0.3 is 0 Å². The van der Waals surface area contributed by atoms with Crippen LogP contribution in [-0.4, -0.2) is 24.7 Å². The average molecular weight is 366 g/mol. The Labute approximate surface area is 137 Å². The van der Waals surface area contributed by atoms with Crippen LogP contribution in [0.15, 0.2) is 40.9 Å². The van der Waals surface area contributed by atoms with Crippen LogP contribution in [0.4, 0.5) is 5.69 Å². The summed E-state index contributed by atoms with van der Waals surface area (Å²) in [6, 6.07) is 9.53. The lowest BCUT2D eigenvalue weighted by molar-refractivity contribution is 0.102. The van der Waals surface area contributed by atoms with Gasteiger partial charge in [-0.2, -0.15) is 0 Å². The van der Waals surface area contributed by atoms with Crippen molar-refractivity contribution in [3.05, 3.63) is 46.4 Å². The number of halogens is 1. The Bertz CT molecular complexity index is 671. The SMILES string of the molecule is CCOc1c(Br)cc(C(=O)Nc2ccc(O)cc2)cc1OC. The number of carbonyl (C=O) groups excluding carboxylic acids is 1.